The molecule has 11 amide bonds. The minimum absolute atomic E-state index is 0.0580. The number of nitrogens with one attached hydrogen (secondary N) is 7. The van der Waals surface area contributed by atoms with Crippen molar-refractivity contribution in [1.82, 2.24) is 42.1 Å². The highest BCUT2D eigenvalue weighted by Gasteiger charge is 2.40. The van der Waals surface area contributed by atoms with Crippen molar-refractivity contribution in [3.8, 4) is 0 Å². The van der Waals surface area contributed by atoms with Gasteiger partial charge in [-0.2, -0.15) is 11.8 Å². The van der Waals surface area contributed by atoms with Gasteiger partial charge in [0.05, 0.1) is 13.0 Å². The summed E-state index contributed by atoms with van der Waals surface area (Å²) in [5, 5.41) is 18.3. The van der Waals surface area contributed by atoms with Gasteiger partial charge in [-0.15, -0.1) is 0 Å². The fraction of sp³-hybridized carbons (Fsp3) is 0.630. The molecule has 0 radical (unpaired) electrons. The minimum atomic E-state index is -1.70. The van der Waals surface area contributed by atoms with E-state index in [0.717, 1.165) is 17.5 Å². The van der Waals surface area contributed by atoms with E-state index in [9.17, 15) is 52.7 Å². The van der Waals surface area contributed by atoms with Gasteiger partial charge in [0.25, 0.3) is 0 Å². The van der Waals surface area contributed by atoms with Crippen LogP contribution in [0, 0.1) is 11.8 Å². The molecule has 2 aliphatic rings. The molecule has 8 atom stereocenters. The molecule has 2 aliphatic heterocycles. The first-order valence-electron chi connectivity index (χ1n) is 23.5. The van der Waals surface area contributed by atoms with Crippen LogP contribution >= 0.6 is 11.8 Å². The maximum atomic E-state index is 14.5. The second-order valence-corrected chi connectivity index (χ2v) is 19.2. The number of rotatable bonds is 18. The average molecular weight is 986 g/mol. The number of carbonyl (C=O) groups is 11. The highest BCUT2D eigenvalue weighted by Crippen LogP contribution is 2.22. The number of thioether (sulfide) groups is 1. The number of hydrogen-bond donors (Lipinski definition) is 10. The first kappa shape index (κ1) is 57.1. The maximum Gasteiger partial charge on any atom is 0.245 e. The molecule has 13 N–H and O–H groups in total. The average Bonchev–Trinajstić information content (AvgIpc) is 3.79. The van der Waals surface area contributed by atoms with Crippen LogP contribution in [0.3, 0.4) is 0 Å². The number of aryl methyl sites for hydroxylation is 1. The fourth-order valence-electron chi connectivity index (χ4n) is 7.85. The van der Waals surface area contributed by atoms with Crippen molar-refractivity contribution < 1.29 is 52.7 Å². The molecule has 0 aromatic heterocycles. The lowest BCUT2D eigenvalue weighted by Crippen LogP contribution is -2.61. The van der Waals surface area contributed by atoms with E-state index < -0.39 is 133 Å². The van der Waals surface area contributed by atoms with E-state index in [4.69, 9.17) is 17.2 Å². The van der Waals surface area contributed by atoms with Crippen molar-refractivity contribution in [2.75, 3.05) is 24.6 Å². The molecule has 2 fully saturated rings. The molecule has 69 heavy (non-hydrogen) atoms. The highest BCUT2D eigenvalue weighted by atomic mass is 32.2. The van der Waals surface area contributed by atoms with Gasteiger partial charge in [-0.05, 0) is 67.2 Å². The predicted octanol–water partition coefficient (Wildman–Crippen LogP) is -1.95. The molecule has 2 heterocycles. The molecule has 0 aliphatic carbocycles. The molecule has 1 aromatic rings. The molecule has 1 aromatic carbocycles. The monoisotopic (exact) mass is 986 g/mol. The molecule has 0 spiro atoms. The topological polar surface area (TPSA) is 353 Å². The smallest absolute Gasteiger partial charge is 0.245 e. The zero-order chi connectivity index (χ0) is 51.4. The molecular weight excluding hydrogens is 915 g/mol. The third-order valence-corrected chi connectivity index (χ3v) is 12.9. The van der Waals surface area contributed by atoms with Crippen LogP contribution in [0.25, 0.3) is 0 Å². The van der Waals surface area contributed by atoms with Crippen molar-refractivity contribution in [3.05, 3.63) is 35.4 Å². The third-order valence-electron chi connectivity index (χ3n) is 11.9. The SMILES string of the molecule is CCc1ccc(CC2NC(=O)CCSCCC(C(=O)N3CCCC3C(=O)NC(CC(C)C)C(=O)NCC(N)=O)NC(=O)C(CC(N)=O)NC(=O)C(CCC(N)=O)NC(=O)C(C(C)CC)NC2=O)cc1. The van der Waals surface area contributed by atoms with Gasteiger partial charge in [0.2, 0.25) is 65.0 Å². The van der Waals surface area contributed by atoms with Crippen molar-refractivity contribution in [1.29, 1.82) is 0 Å². The van der Waals surface area contributed by atoms with Crippen molar-refractivity contribution in [2.45, 2.75) is 148 Å². The Morgan fingerprint density at radius 1 is 0.754 bits per heavy atom. The van der Waals surface area contributed by atoms with Gasteiger partial charge in [0.15, 0.2) is 0 Å². The van der Waals surface area contributed by atoms with Crippen molar-refractivity contribution in [3.63, 3.8) is 0 Å². The van der Waals surface area contributed by atoms with E-state index in [2.05, 4.69) is 37.2 Å². The summed E-state index contributed by atoms with van der Waals surface area (Å²) in [6.07, 6.45) is 0.423. The van der Waals surface area contributed by atoms with Crippen LogP contribution in [-0.4, -0.2) is 137 Å². The van der Waals surface area contributed by atoms with Crippen LogP contribution in [-0.2, 0) is 65.6 Å². The van der Waals surface area contributed by atoms with Gasteiger partial charge >= 0.3 is 0 Å². The number of amides is 11. The number of hydrogen-bond acceptors (Lipinski definition) is 12. The van der Waals surface area contributed by atoms with Crippen LogP contribution in [0.2, 0.25) is 0 Å². The summed E-state index contributed by atoms with van der Waals surface area (Å²) >= 11 is 1.27. The number of primary amides is 3. The fourth-order valence-corrected chi connectivity index (χ4v) is 8.78. The van der Waals surface area contributed by atoms with Gasteiger partial charge in [0, 0.05) is 31.6 Å². The van der Waals surface area contributed by atoms with Crippen LogP contribution in [0.5, 0.6) is 0 Å². The Balaban J connectivity index is 2.02. The molecule has 0 saturated carbocycles. The first-order valence-corrected chi connectivity index (χ1v) is 24.7. The molecule has 3 rings (SSSR count). The Kier molecular flexibility index (Phi) is 23.4. The number of carbonyl (C=O) groups excluding carboxylic acids is 11. The number of likely N-dealkylation sites (tertiary alicyclic amines) is 1. The lowest BCUT2D eigenvalue weighted by atomic mass is 9.96. The van der Waals surface area contributed by atoms with Crippen LogP contribution < -0.4 is 54.4 Å². The predicted molar refractivity (Wildman–Crippen MR) is 256 cm³/mol. The van der Waals surface area contributed by atoms with E-state index in [-0.39, 0.29) is 62.5 Å². The standard InChI is InChI=1S/C46H71N11O11S/c1-6-26(5)39-45(67)52-29(14-15-35(47)58)41(63)54-33(23-36(48)59)42(64)53-30(16-19-69-20-17-38(61)51-32(43(65)56-39)22-28-12-10-27(7-2)11-13-28)46(68)57-18-8-9-34(57)44(66)55-31(21-25(3)4)40(62)50-24-37(49)60/h10-13,25-26,29-34,39H,6-9,14-24H2,1-5H3,(H2,47,58)(H2,48,59)(H2,49,60)(H,50,62)(H,51,61)(H,52,67)(H,53,64)(H,54,63)(H,55,66)(H,56,65). The van der Waals surface area contributed by atoms with Crippen LogP contribution in [0.1, 0.15) is 104 Å². The van der Waals surface area contributed by atoms with Crippen LogP contribution in [0.15, 0.2) is 24.3 Å². The number of nitrogens with zero attached hydrogens (tertiary/aromatic N) is 1. The molecular formula is C46H71N11O11S. The van der Waals surface area contributed by atoms with Crippen molar-refractivity contribution >= 4 is 76.7 Å². The molecule has 382 valence electrons. The minimum Gasteiger partial charge on any atom is -0.370 e. The summed E-state index contributed by atoms with van der Waals surface area (Å²) in [5.41, 5.74) is 18.0. The Morgan fingerprint density at radius 3 is 2.00 bits per heavy atom. The molecule has 0 bridgehead atoms. The van der Waals surface area contributed by atoms with Gasteiger partial charge in [-0.3, -0.25) is 52.7 Å². The largest absolute Gasteiger partial charge is 0.370 e. The molecule has 23 heteroatoms. The summed E-state index contributed by atoms with van der Waals surface area (Å²) in [5.74, 6) is -8.76. The van der Waals surface area contributed by atoms with E-state index in [1.807, 2.05) is 45.0 Å². The molecule has 2 saturated heterocycles. The van der Waals surface area contributed by atoms with Gasteiger partial charge in [0.1, 0.15) is 42.3 Å². The third kappa shape index (κ3) is 19.0. The first-order chi connectivity index (χ1) is 32.6. The molecule has 22 nitrogen and oxygen atoms in total. The van der Waals surface area contributed by atoms with Gasteiger partial charge < -0.3 is 59.3 Å². The zero-order valence-electron chi connectivity index (χ0n) is 40.2. The second-order valence-electron chi connectivity index (χ2n) is 17.9. The van der Waals surface area contributed by atoms with E-state index >= 15 is 0 Å². The second kappa shape index (κ2) is 28.3. The Morgan fingerprint density at radius 2 is 1.39 bits per heavy atom. The summed E-state index contributed by atoms with van der Waals surface area (Å²) < 4.78 is 0. The van der Waals surface area contributed by atoms with Crippen LogP contribution in [0.4, 0.5) is 0 Å². The number of nitrogens with two attached hydrogens (primary N) is 3. The summed E-state index contributed by atoms with van der Waals surface area (Å²) in [7, 11) is 0. The molecule has 8 unspecified atom stereocenters. The Hall–Kier alpha value is -6.26. The zero-order valence-corrected chi connectivity index (χ0v) is 41.0. The van der Waals surface area contributed by atoms with Gasteiger partial charge in [-0.1, -0.05) is 65.3 Å². The number of benzene rings is 1. The normalized spacial score (nSPS) is 23.2. The summed E-state index contributed by atoms with van der Waals surface area (Å²) in [6, 6.07) is -1.59. The summed E-state index contributed by atoms with van der Waals surface area (Å²) in [4.78, 5) is 148. The lowest BCUT2D eigenvalue weighted by Gasteiger charge is -2.31. The van der Waals surface area contributed by atoms with E-state index in [1.165, 1.54) is 16.7 Å². The quantitative estimate of drug-likeness (QED) is 0.0768. The van der Waals surface area contributed by atoms with Gasteiger partial charge in [-0.25, -0.2) is 0 Å². The Bertz CT molecular complexity index is 2020. The summed E-state index contributed by atoms with van der Waals surface area (Å²) in [6.45, 7) is 8.80. The Labute approximate surface area is 407 Å². The maximum absolute atomic E-state index is 14.5. The van der Waals surface area contributed by atoms with Crippen molar-refractivity contribution in [2.24, 2.45) is 29.0 Å². The lowest BCUT2D eigenvalue weighted by molar-refractivity contribution is -0.142. The van der Waals surface area contributed by atoms with E-state index in [0.29, 0.717) is 12.8 Å². The highest BCUT2D eigenvalue weighted by molar-refractivity contribution is 7.99. The van der Waals surface area contributed by atoms with E-state index in [1.54, 1.807) is 13.8 Å².